The summed E-state index contributed by atoms with van der Waals surface area (Å²) in [6, 6.07) is 10.4. The third-order valence-electron chi connectivity index (χ3n) is 5.80. The SMILES string of the molecule is CCS(=O)(=O)c1ccc(OC)c(C2=CN(C)C(C=O)c3ccc(-c4cnn(C)c4)cc32)c1. The van der Waals surface area contributed by atoms with Gasteiger partial charge in [0.1, 0.15) is 18.1 Å². The third-order valence-corrected chi connectivity index (χ3v) is 7.53. The Balaban J connectivity index is 1.96. The summed E-state index contributed by atoms with van der Waals surface area (Å²) in [4.78, 5) is 14.0. The van der Waals surface area contributed by atoms with E-state index in [0.29, 0.717) is 11.3 Å². The number of hydrogen-bond donors (Lipinski definition) is 0. The number of aldehydes is 1. The number of benzene rings is 2. The van der Waals surface area contributed by atoms with Gasteiger partial charge in [0.25, 0.3) is 0 Å². The number of sulfone groups is 1. The molecule has 1 atom stereocenters. The number of hydrogen-bond acceptors (Lipinski definition) is 6. The molecule has 3 aromatic rings. The highest BCUT2D eigenvalue weighted by molar-refractivity contribution is 7.91. The summed E-state index contributed by atoms with van der Waals surface area (Å²) < 4.78 is 32.4. The van der Waals surface area contributed by atoms with Gasteiger partial charge in [-0.2, -0.15) is 5.10 Å². The van der Waals surface area contributed by atoms with Crippen LogP contribution in [0.1, 0.15) is 29.7 Å². The Morgan fingerprint density at radius 1 is 1.09 bits per heavy atom. The maximum absolute atomic E-state index is 12.6. The van der Waals surface area contributed by atoms with Crippen LogP contribution in [-0.2, 0) is 21.7 Å². The maximum Gasteiger partial charge on any atom is 0.178 e. The van der Waals surface area contributed by atoms with Crippen molar-refractivity contribution >= 4 is 21.7 Å². The highest BCUT2D eigenvalue weighted by atomic mass is 32.2. The van der Waals surface area contributed by atoms with Crippen LogP contribution in [0.5, 0.6) is 5.75 Å². The van der Waals surface area contributed by atoms with Crippen molar-refractivity contribution in [3.8, 4) is 16.9 Å². The molecule has 2 aromatic carbocycles. The molecule has 0 saturated carbocycles. The van der Waals surface area contributed by atoms with E-state index in [0.717, 1.165) is 34.1 Å². The van der Waals surface area contributed by atoms with Crippen molar-refractivity contribution in [2.75, 3.05) is 19.9 Å². The Morgan fingerprint density at radius 2 is 1.88 bits per heavy atom. The predicted octanol–water partition coefficient (Wildman–Crippen LogP) is 3.46. The second kappa shape index (κ2) is 8.27. The Bertz CT molecular complexity index is 1320. The Labute approximate surface area is 187 Å². The van der Waals surface area contributed by atoms with Gasteiger partial charge in [-0.25, -0.2) is 8.42 Å². The van der Waals surface area contributed by atoms with Gasteiger partial charge in [0.15, 0.2) is 9.84 Å². The van der Waals surface area contributed by atoms with E-state index in [4.69, 9.17) is 4.74 Å². The van der Waals surface area contributed by atoms with E-state index in [2.05, 4.69) is 5.10 Å². The molecule has 32 heavy (non-hydrogen) atoms. The Hall–Kier alpha value is -3.39. The molecule has 0 spiro atoms. The quantitative estimate of drug-likeness (QED) is 0.534. The number of fused-ring (bicyclic) bond motifs is 1. The van der Waals surface area contributed by atoms with E-state index in [1.165, 1.54) is 0 Å². The number of rotatable bonds is 6. The number of carbonyl (C=O) groups excluding carboxylic acids is 1. The van der Waals surface area contributed by atoms with Crippen LogP contribution in [0, 0.1) is 0 Å². The number of aryl methyl sites for hydroxylation is 1. The molecule has 166 valence electrons. The van der Waals surface area contributed by atoms with Gasteiger partial charge in [-0.1, -0.05) is 19.1 Å². The Morgan fingerprint density at radius 3 is 2.50 bits per heavy atom. The number of nitrogens with zero attached hydrogens (tertiary/aromatic N) is 3. The molecule has 0 aliphatic carbocycles. The summed E-state index contributed by atoms with van der Waals surface area (Å²) in [6.07, 6.45) is 6.48. The predicted molar refractivity (Wildman–Crippen MR) is 123 cm³/mol. The fraction of sp³-hybridized carbons (Fsp3) is 0.250. The van der Waals surface area contributed by atoms with Crippen LogP contribution in [0.2, 0.25) is 0 Å². The summed E-state index contributed by atoms with van der Waals surface area (Å²) in [5.41, 5.74) is 5.04. The second-order valence-electron chi connectivity index (χ2n) is 7.76. The fourth-order valence-electron chi connectivity index (χ4n) is 4.01. The smallest absolute Gasteiger partial charge is 0.178 e. The number of carbonyl (C=O) groups is 1. The number of aromatic nitrogens is 2. The van der Waals surface area contributed by atoms with Crippen LogP contribution >= 0.6 is 0 Å². The van der Waals surface area contributed by atoms with Crippen molar-refractivity contribution in [3.63, 3.8) is 0 Å². The molecule has 7 nitrogen and oxygen atoms in total. The number of likely N-dealkylation sites (N-methyl/N-ethyl adjacent to an activating group) is 1. The van der Waals surface area contributed by atoms with E-state index in [-0.39, 0.29) is 10.6 Å². The maximum atomic E-state index is 12.6. The fourth-order valence-corrected chi connectivity index (χ4v) is 4.92. The average Bonchev–Trinajstić information content (AvgIpc) is 3.24. The minimum Gasteiger partial charge on any atom is -0.496 e. The molecule has 0 bridgehead atoms. The van der Waals surface area contributed by atoms with Crippen LogP contribution in [0.25, 0.3) is 16.7 Å². The monoisotopic (exact) mass is 451 g/mol. The van der Waals surface area contributed by atoms with Crippen LogP contribution in [0.15, 0.2) is 59.9 Å². The molecule has 0 N–H and O–H groups in total. The lowest BCUT2D eigenvalue weighted by atomic mass is 9.86. The molecular weight excluding hydrogens is 426 g/mol. The minimum absolute atomic E-state index is 0.00662. The van der Waals surface area contributed by atoms with Gasteiger partial charge in [0.2, 0.25) is 0 Å². The van der Waals surface area contributed by atoms with Gasteiger partial charge < -0.3 is 14.4 Å². The van der Waals surface area contributed by atoms with Crippen molar-refractivity contribution in [2.24, 2.45) is 7.05 Å². The summed E-state index contributed by atoms with van der Waals surface area (Å²) in [6.45, 7) is 1.62. The van der Waals surface area contributed by atoms with Gasteiger partial charge >= 0.3 is 0 Å². The number of ether oxygens (including phenoxy) is 1. The number of methoxy groups -OCH3 is 1. The van der Waals surface area contributed by atoms with Crippen LogP contribution in [0.3, 0.4) is 0 Å². The molecular formula is C24H25N3O4S. The molecule has 0 fully saturated rings. The van der Waals surface area contributed by atoms with Gasteiger partial charge in [0.05, 0.1) is 24.0 Å². The molecule has 4 rings (SSSR count). The molecule has 2 heterocycles. The van der Waals surface area contributed by atoms with E-state index >= 15 is 0 Å². The lowest BCUT2D eigenvalue weighted by Gasteiger charge is -2.32. The summed E-state index contributed by atoms with van der Waals surface area (Å²) in [5.74, 6) is 0.564. The van der Waals surface area contributed by atoms with Crippen molar-refractivity contribution < 1.29 is 17.9 Å². The molecule has 1 aliphatic heterocycles. The van der Waals surface area contributed by atoms with E-state index in [1.54, 1.807) is 43.1 Å². The second-order valence-corrected chi connectivity index (χ2v) is 10.0. The Kier molecular flexibility index (Phi) is 5.64. The standard InChI is InChI=1S/C24H25N3O4S/c1-5-32(29,30)18-7-9-24(31-4)21(11-18)22-14-26(2)23(15-28)19-8-6-16(10-20(19)22)17-12-25-27(3)13-17/h6-15,23H,5H2,1-4H3. The van der Waals surface area contributed by atoms with Gasteiger partial charge in [-0.15, -0.1) is 0 Å². The normalized spacial score (nSPS) is 15.8. The highest BCUT2D eigenvalue weighted by Gasteiger charge is 2.28. The molecule has 8 heteroatoms. The van der Waals surface area contributed by atoms with Crippen molar-refractivity contribution in [3.05, 3.63) is 71.7 Å². The average molecular weight is 452 g/mol. The molecule has 0 saturated heterocycles. The zero-order valence-corrected chi connectivity index (χ0v) is 19.3. The van der Waals surface area contributed by atoms with Gasteiger partial charge in [-0.3, -0.25) is 4.68 Å². The zero-order valence-electron chi connectivity index (χ0n) is 18.4. The summed E-state index contributed by atoms with van der Waals surface area (Å²) in [5, 5.41) is 4.25. The first-order valence-electron chi connectivity index (χ1n) is 10.2. The lowest BCUT2D eigenvalue weighted by Crippen LogP contribution is -2.26. The minimum atomic E-state index is -3.40. The molecule has 0 radical (unpaired) electrons. The molecule has 0 amide bonds. The van der Waals surface area contributed by atoms with Gasteiger partial charge in [-0.05, 0) is 41.0 Å². The first-order chi connectivity index (χ1) is 15.3. The first-order valence-corrected chi connectivity index (χ1v) is 11.9. The van der Waals surface area contributed by atoms with Gasteiger partial charge in [0, 0.05) is 43.2 Å². The summed E-state index contributed by atoms with van der Waals surface area (Å²) in [7, 11) is 1.84. The van der Waals surface area contributed by atoms with Crippen molar-refractivity contribution in [1.29, 1.82) is 0 Å². The molecule has 1 unspecified atom stereocenters. The van der Waals surface area contributed by atoms with E-state index < -0.39 is 15.9 Å². The van der Waals surface area contributed by atoms with Crippen molar-refractivity contribution in [1.82, 2.24) is 14.7 Å². The van der Waals surface area contributed by atoms with E-state index in [1.807, 2.05) is 49.6 Å². The zero-order chi connectivity index (χ0) is 23.0. The van der Waals surface area contributed by atoms with Crippen LogP contribution in [-0.4, -0.2) is 49.3 Å². The van der Waals surface area contributed by atoms with Crippen LogP contribution in [0.4, 0.5) is 0 Å². The largest absolute Gasteiger partial charge is 0.496 e. The van der Waals surface area contributed by atoms with Crippen molar-refractivity contribution in [2.45, 2.75) is 17.9 Å². The van der Waals surface area contributed by atoms with E-state index in [9.17, 15) is 13.2 Å². The first kappa shape index (κ1) is 21.8. The highest BCUT2D eigenvalue weighted by Crippen LogP contribution is 2.42. The summed E-state index contributed by atoms with van der Waals surface area (Å²) >= 11 is 0. The third kappa shape index (κ3) is 3.71. The lowest BCUT2D eigenvalue weighted by molar-refractivity contribution is -0.111. The topological polar surface area (TPSA) is 81.5 Å². The molecule has 1 aliphatic rings. The molecule has 1 aromatic heterocycles. The van der Waals surface area contributed by atoms with Crippen LogP contribution < -0.4 is 4.74 Å².